The fourth-order valence-corrected chi connectivity index (χ4v) is 4.12. The zero-order chi connectivity index (χ0) is 16.3. The molecule has 6 nitrogen and oxygen atoms in total. The van der Waals surface area contributed by atoms with Crippen molar-refractivity contribution in [2.45, 2.75) is 19.4 Å². The molecule has 0 aliphatic carbocycles. The van der Waals surface area contributed by atoms with E-state index in [1.54, 1.807) is 18.5 Å². The van der Waals surface area contributed by atoms with E-state index < -0.39 is 16.0 Å². The van der Waals surface area contributed by atoms with Crippen LogP contribution in [-0.4, -0.2) is 61.6 Å². The second-order valence-electron chi connectivity index (χ2n) is 5.89. The summed E-state index contributed by atoms with van der Waals surface area (Å²) in [5.74, 6) is -0.568. The van der Waals surface area contributed by atoms with Crippen molar-refractivity contribution in [2.75, 3.05) is 32.9 Å². The Bertz CT molecular complexity index is 627. The lowest BCUT2D eigenvalue weighted by atomic mass is 9.98. The van der Waals surface area contributed by atoms with Crippen LogP contribution in [0, 0.1) is 5.92 Å². The van der Waals surface area contributed by atoms with E-state index in [1.807, 2.05) is 0 Å². The molecule has 0 aromatic carbocycles. The number of piperidine rings is 1. The molecule has 1 saturated heterocycles. The van der Waals surface area contributed by atoms with Crippen LogP contribution in [-0.2, 0) is 16.6 Å². The fraction of sp³-hybridized carbons (Fsp3) is 0.643. The maximum atomic E-state index is 11.5. The highest BCUT2D eigenvalue weighted by Gasteiger charge is 2.24. The number of hydrogen-bond acceptors (Lipinski definition) is 5. The summed E-state index contributed by atoms with van der Waals surface area (Å²) in [7, 11) is -1.52. The average Bonchev–Trinajstić information content (AvgIpc) is 2.86. The largest absolute Gasteiger partial charge is 0.478 e. The van der Waals surface area contributed by atoms with Gasteiger partial charge in [-0.1, -0.05) is 0 Å². The van der Waals surface area contributed by atoms with Gasteiger partial charge >= 0.3 is 5.97 Å². The van der Waals surface area contributed by atoms with Gasteiger partial charge in [-0.3, -0.25) is 4.90 Å². The summed E-state index contributed by atoms with van der Waals surface area (Å²) < 4.78 is 24.4. The number of rotatable bonds is 6. The van der Waals surface area contributed by atoms with E-state index in [1.165, 1.54) is 21.9 Å². The number of nitrogens with zero attached hydrogens (tertiary/aromatic N) is 2. The van der Waals surface area contributed by atoms with Crippen LogP contribution in [0.1, 0.15) is 28.1 Å². The number of aromatic carboxylic acids is 1. The van der Waals surface area contributed by atoms with E-state index >= 15 is 0 Å². The van der Waals surface area contributed by atoms with Crippen LogP contribution in [0.4, 0.5) is 0 Å². The van der Waals surface area contributed by atoms with Crippen molar-refractivity contribution in [1.82, 2.24) is 9.21 Å². The summed E-state index contributed by atoms with van der Waals surface area (Å²) in [6.07, 6.45) is 3.30. The number of carboxylic acids is 1. The summed E-state index contributed by atoms with van der Waals surface area (Å²) in [5.41, 5.74) is 0.338. The SMILES string of the molecule is CN(CC1CCCN(Cc2cc(C(=O)O)cs2)C1)S(C)(=O)=O. The Morgan fingerprint density at radius 1 is 1.55 bits per heavy atom. The van der Waals surface area contributed by atoms with E-state index in [-0.39, 0.29) is 0 Å². The molecule has 2 rings (SSSR count). The molecule has 1 atom stereocenters. The molecule has 1 N–H and O–H groups in total. The molecule has 0 spiro atoms. The van der Waals surface area contributed by atoms with Gasteiger partial charge in [-0.25, -0.2) is 17.5 Å². The van der Waals surface area contributed by atoms with E-state index in [0.717, 1.165) is 37.4 Å². The Labute approximate surface area is 135 Å². The van der Waals surface area contributed by atoms with Crippen molar-refractivity contribution in [3.63, 3.8) is 0 Å². The molecular weight excluding hydrogens is 324 g/mol. The highest BCUT2D eigenvalue weighted by molar-refractivity contribution is 7.88. The molecule has 1 aromatic rings. The number of carbonyl (C=O) groups is 1. The minimum absolute atomic E-state index is 0.326. The van der Waals surface area contributed by atoms with Gasteiger partial charge in [0.1, 0.15) is 0 Å². The molecule has 0 amide bonds. The Balaban J connectivity index is 1.91. The van der Waals surface area contributed by atoms with Gasteiger partial charge in [0.15, 0.2) is 0 Å². The van der Waals surface area contributed by atoms with Gasteiger partial charge in [-0.05, 0) is 31.4 Å². The first kappa shape index (κ1) is 17.4. The van der Waals surface area contributed by atoms with Crippen molar-refractivity contribution < 1.29 is 18.3 Å². The molecule has 0 radical (unpaired) electrons. The van der Waals surface area contributed by atoms with Crippen LogP contribution in [0.5, 0.6) is 0 Å². The first-order valence-electron chi connectivity index (χ1n) is 7.20. The molecule has 2 heterocycles. The first-order chi connectivity index (χ1) is 10.3. The first-order valence-corrected chi connectivity index (χ1v) is 9.93. The van der Waals surface area contributed by atoms with Crippen molar-refractivity contribution in [3.8, 4) is 0 Å². The van der Waals surface area contributed by atoms with Gasteiger partial charge < -0.3 is 5.11 Å². The van der Waals surface area contributed by atoms with Gasteiger partial charge in [-0.15, -0.1) is 11.3 Å². The third-order valence-electron chi connectivity index (χ3n) is 3.96. The molecule has 0 saturated carbocycles. The topological polar surface area (TPSA) is 77.9 Å². The summed E-state index contributed by atoms with van der Waals surface area (Å²) in [4.78, 5) is 14.2. The van der Waals surface area contributed by atoms with Crippen LogP contribution in [0.3, 0.4) is 0 Å². The lowest BCUT2D eigenvalue weighted by molar-refractivity contribution is 0.0697. The number of likely N-dealkylation sites (tertiary alicyclic amines) is 1. The minimum Gasteiger partial charge on any atom is -0.478 e. The molecule has 1 aliphatic rings. The van der Waals surface area contributed by atoms with Crippen molar-refractivity contribution in [1.29, 1.82) is 0 Å². The number of carboxylic acid groups (broad SMARTS) is 1. The molecule has 8 heteroatoms. The molecular formula is C14H22N2O4S2. The Morgan fingerprint density at radius 3 is 2.86 bits per heavy atom. The fourth-order valence-electron chi connectivity index (χ4n) is 2.74. The van der Waals surface area contributed by atoms with Gasteiger partial charge in [-0.2, -0.15) is 0 Å². The Hall–Kier alpha value is -0.960. The summed E-state index contributed by atoms with van der Waals surface area (Å²) in [6, 6.07) is 1.72. The van der Waals surface area contributed by atoms with Gasteiger partial charge in [0.05, 0.1) is 11.8 Å². The van der Waals surface area contributed by atoms with Crippen LogP contribution >= 0.6 is 11.3 Å². The summed E-state index contributed by atoms with van der Waals surface area (Å²) in [5, 5.41) is 10.6. The quantitative estimate of drug-likeness (QED) is 0.845. The molecule has 124 valence electrons. The van der Waals surface area contributed by atoms with E-state index in [9.17, 15) is 13.2 Å². The highest BCUT2D eigenvalue weighted by atomic mass is 32.2. The van der Waals surface area contributed by atoms with Crippen molar-refractivity contribution in [3.05, 3.63) is 21.9 Å². The molecule has 1 unspecified atom stereocenters. The van der Waals surface area contributed by atoms with Gasteiger partial charge in [0, 0.05) is 36.9 Å². The van der Waals surface area contributed by atoms with Crippen LogP contribution < -0.4 is 0 Å². The minimum atomic E-state index is -3.13. The van der Waals surface area contributed by atoms with Crippen molar-refractivity contribution in [2.24, 2.45) is 5.92 Å². The number of thiophene rings is 1. The van der Waals surface area contributed by atoms with Crippen LogP contribution in [0.15, 0.2) is 11.4 Å². The maximum Gasteiger partial charge on any atom is 0.336 e. The molecule has 1 aromatic heterocycles. The van der Waals surface area contributed by atoms with Gasteiger partial charge in [0.25, 0.3) is 0 Å². The number of hydrogen-bond donors (Lipinski definition) is 1. The van der Waals surface area contributed by atoms with Crippen LogP contribution in [0.25, 0.3) is 0 Å². The lowest BCUT2D eigenvalue weighted by Gasteiger charge is -2.34. The Kier molecular flexibility index (Phi) is 5.60. The summed E-state index contributed by atoms with van der Waals surface area (Å²) >= 11 is 1.46. The second kappa shape index (κ2) is 7.08. The van der Waals surface area contributed by atoms with E-state index in [2.05, 4.69) is 4.90 Å². The average molecular weight is 346 g/mol. The molecule has 1 fully saturated rings. The van der Waals surface area contributed by atoms with Gasteiger partial charge in [0.2, 0.25) is 10.0 Å². The predicted molar refractivity (Wildman–Crippen MR) is 86.8 cm³/mol. The molecule has 0 bridgehead atoms. The second-order valence-corrected chi connectivity index (χ2v) is 8.98. The Morgan fingerprint density at radius 2 is 2.27 bits per heavy atom. The third-order valence-corrected chi connectivity index (χ3v) is 6.17. The maximum absolute atomic E-state index is 11.5. The van der Waals surface area contributed by atoms with E-state index in [0.29, 0.717) is 18.0 Å². The zero-order valence-electron chi connectivity index (χ0n) is 12.9. The molecule has 1 aliphatic heterocycles. The highest BCUT2D eigenvalue weighted by Crippen LogP contribution is 2.22. The van der Waals surface area contributed by atoms with E-state index in [4.69, 9.17) is 5.11 Å². The number of sulfonamides is 1. The molecule has 22 heavy (non-hydrogen) atoms. The van der Waals surface area contributed by atoms with Crippen molar-refractivity contribution >= 4 is 27.3 Å². The standard InChI is InChI=1S/C14H22N2O4S2/c1-15(22(2,19)20)7-11-4-3-5-16(8-11)9-13-6-12(10-21-13)14(17)18/h6,10-11H,3-5,7-9H2,1-2H3,(H,17,18). The normalized spacial score (nSPS) is 20.4. The summed E-state index contributed by atoms with van der Waals surface area (Å²) in [6.45, 7) is 3.09. The predicted octanol–water partition coefficient (Wildman–Crippen LogP) is 1.55. The third kappa shape index (κ3) is 4.77. The zero-order valence-corrected chi connectivity index (χ0v) is 14.5. The monoisotopic (exact) mass is 346 g/mol. The van der Waals surface area contributed by atoms with Crippen LogP contribution in [0.2, 0.25) is 0 Å². The smallest absolute Gasteiger partial charge is 0.336 e. The lowest BCUT2D eigenvalue weighted by Crippen LogP contribution is -2.40.